The van der Waals surface area contributed by atoms with Gasteiger partial charge in [-0.25, -0.2) is 58.7 Å². The summed E-state index contributed by atoms with van der Waals surface area (Å²) in [6.45, 7) is 3.37. The van der Waals surface area contributed by atoms with Gasteiger partial charge in [-0.2, -0.15) is 0 Å². The highest BCUT2D eigenvalue weighted by Crippen LogP contribution is 2.36. The number of esters is 6. The maximum atomic E-state index is 12.1. The number of rotatable bonds is 26. The smallest absolute Gasteiger partial charge is 0.341 e. The van der Waals surface area contributed by atoms with Crippen LogP contribution in [0.1, 0.15) is 108 Å². The van der Waals surface area contributed by atoms with Crippen LogP contribution in [0.4, 0.5) is 0 Å². The van der Waals surface area contributed by atoms with Gasteiger partial charge in [-0.15, -0.1) is 0 Å². The molecule has 0 aliphatic heterocycles. The zero-order valence-electron chi connectivity index (χ0n) is 75.6. The summed E-state index contributed by atoms with van der Waals surface area (Å²) in [5.41, 5.74) is 11.1. The van der Waals surface area contributed by atoms with E-state index >= 15 is 0 Å². The summed E-state index contributed by atoms with van der Waals surface area (Å²) >= 11 is 85.8. The number of aryl methyl sites for hydroxylation is 2. The Hall–Kier alpha value is -13.6. The van der Waals surface area contributed by atoms with E-state index < -0.39 is 35.8 Å². The van der Waals surface area contributed by atoms with Gasteiger partial charge in [0.15, 0.2) is 74.2 Å². The lowest BCUT2D eigenvalue weighted by Gasteiger charge is -2.04. The summed E-state index contributed by atoms with van der Waals surface area (Å²) in [6, 6.07) is 61.4. The molecule has 47 heteroatoms. The summed E-state index contributed by atoms with van der Waals surface area (Å²) in [5.74, 6) is -0.227. The maximum Gasteiger partial charge on any atom is 0.341 e. The highest BCUT2D eigenvalue weighted by atomic mass is 79.9. The first-order chi connectivity index (χ1) is 70.7. The van der Waals surface area contributed by atoms with E-state index in [4.69, 9.17) is 227 Å². The van der Waals surface area contributed by atoms with Crippen LogP contribution in [-0.4, -0.2) is 111 Å². The minimum absolute atomic E-state index is 0.0127. The van der Waals surface area contributed by atoms with Crippen LogP contribution in [0.2, 0.25) is 71.1 Å². The van der Waals surface area contributed by atoms with Crippen LogP contribution >= 0.6 is 178 Å². The standard InChI is InChI=1S/C17H11Cl3N2O3.2C17H12Cl2N2O4.C17H12Cl2N2O3.C16H9BrCl2N2O3.C16H9Cl3N2O3/c1-9-2-3-12(14(19)4-9)15-6-11(25-22-15)8-24-17(23)13-5-10(18)7-21-16(13)20;1-23-12-4-2-3-10(5-12)15-7-13(25-21-15)9-24-17(22)14-6-11(18)8-20-16(14)19;1-23-15-5-3-2-4-12(15)14-7-11(25-21-14)9-24-17(22)13-6-10(18)8-20-16(13)19;1-10-2-4-11(5-3-10)15-7-13(24-21-15)9-23-17(22)14-6-12(18)8-20-16(14)19;17-13-4-2-1-3-11(13)14-6-10(24-21-14)8-23-16(22)12-5-9(18)7-20-15(12)19;17-9-5-12(15(19)20-7-9)16(22)23-8-10-6-14(21-24-10)11-3-1-2-4-13(11)18/h2-7H,8H2,1H3;2*2-8H,9H2,1H3;2-8H,9H2,1H3;2*1-7H,8H2. The van der Waals surface area contributed by atoms with Crippen molar-refractivity contribution in [1.82, 2.24) is 60.8 Å². The van der Waals surface area contributed by atoms with Gasteiger partial charge in [0.2, 0.25) is 0 Å². The van der Waals surface area contributed by atoms with E-state index in [1.165, 1.54) is 73.6 Å². The Labute approximate surface area is 911 Å². The van der Waals surface area contributed by atoms with Gasteiger partial charge >= 0.3 is 35.8 Å². The number of para-hydroxylation sites is 1. The van der Waals surface area contributed by atoms with E-state index in [9.17, 15) is 28.8 Å². The average molecular weight is 2330 g/mol. The van der Waals surface area contributed by atoms with Crippen LogP contribution in [0.5, 0.6) is 11.5 Å². The number of nitrogens with zero attached hydrogens (tertiary/aromatic N) is 12. The quantitative estimate of drug-likeness (QED) is 0.0276. The van der Waals surface area contributed by atoms with Crippen LogP contribution in [-0.2, 0) is 68.1 Å². The van der Waals surface area contributed by atoms with Crippen LogP contribution in [0.3, 0.4) is 0 Å². The summed E-state index contributed by atoms with van der Waals surface area (Å²) in [4.78, 5) is 95.1. The monoisotopic (exact) mass is 2320 g/mol. The van der Waals surface area contributed by atoms with Crippen molar-refractivity contribution in [1.29, 1.82) is 0 Å². The second kappa shape index (κ2) is 53.7. The van der Waals surface area contributed by atoms with Gasteiger partial charge in [-0.05, 0) is 98.3 Å². The second-order valence-electron chi connectivity index (χ2n) is 29.7. The molecule has 12 aromatic heterocycles. The van der Waals surface area contributed by atoms with Crippen molar-refractivity contribution in [3.63, 3.8) is 0 Å². The molecule has 6 aromatic carbocycles. The Morgan fingerprint density at radius 1 is 0.265 bits per heavy atom. The highest BCUT2D eigenvalue weighted by molar-refractivity contribution is 9.10. The highest BCUT2D eigenvalue weighted by Gasteiger charge is 2.25. The van der Waals surface area contributed by atoms with Crippen molar-refractivity contribution in [2.45, 2.75) is 53.5 Å². The van der Waals surface area contributed by atoms with Crippen LogP contribution < -0.4 is 9.47 Å². The number of aromatic nitrogens is 12. The number of ether oxygens (including phenoxy) is 8. The lowest BCUT2D eigenvalue weighted by atomic mass is 10.1. The fourth-order valence-electron chi connectivity index (χ4n) is 12.3. The molecule has 18 aromatic rings. The molecule has 0 N–H and O–H groups in total. The van der Waals surface area contributed by atoms with E-state index in [1.807, 2.05) is 147 Å². The number of pyridine rings is 6. The Kier molecular flexibility index (Phi) is 40.4. The number of methoxy groups -OCH3 is 2. The van der Waals surface area contributed by atoms with Crippen molar-refractivity contribution in [3.8, 4) is 79.0 Å². The third-order valence-electron chi connectivity index (χ3n) is 19.4. The zero-order chi connectivity index (χ0) is 105. The van der Waals surface area contributed by atoms with Crippen molar-refractivity contribution in [2.24, 2.45) is 0 Å². The predicted molar refractivity (Wildman–Crippen MR) is 552 cm³/mol. The maximum absolute atomic E-state index is 12.1. The number of hydrogen-bond donors (Lipinski definition) is 0. The van der Waals surface area contributed by atoms with Crippen molar-refractivity contribution >= 4 is 214 Å². The van der Waals surface area contributed by atoms with Gasteiger partial charge in [0.25, 0.3) is 0 Å². The van der Waals surface area contributed by atoms with Crippen LogP contribution in [0.25, 0.3) is 67.5 Å². The molecule has 0 spiro atoms. The summed E-state index contributed by atoms with van der Waals surface area (Å²) in [7, 11) is 3.16. The molecule has 0 aliphatic rings. The lowest BCUT2D eigenvalue weighted by Crippen LogP contribution is -2.06. The molecule has 0 fully saturated rings. The van der Waals surface area contributed by atoms with E-state index in [0.717, 1.165) is 49.0 Å². The normalized spacial score (nSPS) is 10.6. The van der Waals surface area contributed by atoms with E-state index in [1.54, 1.807) is 56.7 Å². The van der Waals surface area contributed by atoms with E-state index in [2.05, 4.69) is 76.8 Å². The largest absolute Gasteiger partial charge is 0.497 e. The molecule has 0 aliphatic carbocycles. The third-order valence-corrected chi connectivity index (χ3v) is 23.8. The van der Waals surface area contributed by atoms with Crippen LogP contribution in [0.15, 0.2) is 281 Å². The number of hydrogen-bond acceptors (Lipinski definition) is 32. The number of carbonyl (C=O) groups is 6. The molecular formula is C100H65BrCl14N12O20. The van der Waals surface area contributed by atoms with Gasteiger partial charge in [-0.3, -0.25) is 0 Å². The zero-order valence-corrected chi connectivity index (χ0v) is 87.8. The minimum Gasteiger partial charge on any atom is -0.497 e. The molecule has 32 nitrogen and oxygen atoms in total. The van der Waals surface area contributed by atoms with Gasteiger partial charge in [0, 0.05) is 111 Å². The van der Waals surface area contributed by atoms with Crippen molar-refractivity contribution in [3.05, 3.63) is 404 Å². The first-order valence-corrected chi connectivity index (χ1v) is 48.0. The number of benzene rings is 6. The van der Waals surface area contributed by atoms with E-state index in [0.29, 0.717) is 100 Å². The number of carbonyl (C=O) groups excluding carboxylic acids is 6. The molecule has 0 atom stereocenters. The van der Waals surface area contributed by atoms with Gasteiger partial charge in [0.1, 0.15) is 76.6 Å². The number of halogens is 15. The first-order valence-electron chi connectivity index (χ1n) is 41.9. The molecule has 0 saturated heterocycles. The fourth-order valence-corrected chi connectivity index (χ4v) is 15.4. The van der Waals surface area contributed by atoms with Gasteiger partial charge < -0.3 is 65.0 Å². The molecule has 750 valence electrons. The Morgan fingerprint density at radius 3 is 0.884 bits per heavy atom. The molecule has 0 radical (unpaired) electrons. The molecule has 147 heavy (non-hydrogen) atoms. The topological polar surface area (TPSA) is 410 Å². The molecule has 0 amide bonds. The molecular weight excluding hydrogens is 2270 g/mol. The Morgan fingerprint density at radius 2 is 0.551 bits per heavy atom. The van der Waals surface area contributed by atoms with Gasteiger partial charge in [-0.1, -0.05) is 312 Å². The summed E-state index contributed by atoms with van der Waals surface area (Å²) in [6.07, 6.45) is 8.07. The van der Waals surface area contributed by atoms with E-state index in [-0.39, 0.29) is 124 Å². The molecule has 0 bridgehead atoms. The summed E-state index contributed by atoms with van der Waals surface area (Å²) < 4.78 is 73.4. The molecule has 0 saturated carbocycles. The molecule has 0 unspecified atom stereocenters. The predicted octanol–water partition coefficient (Wildman–Crippen LogP) is 29.1. The molecule has 18 rings (SSSR count). The SMILES string of the molecule is COc1cccc(-c2cc(COC(=O)c3cc(Cl)cnc3Cl)on2)c1.COc1ccccc1-c1cc(COC(=O)c2cc(Cl)cnc2Cl)on1.Cc1ccc(-c2cc(COC(=O)c3cc(Cl)cnc3Cl)on2)c(Cl)c1.Cc1ccc(-c2cc(COC(=O)c3cc(Cl)cnc3Cl)on2)cc1.O=C(OCc1cc(-c2ccccc2Br)no1)c1cc(Cl)cnc1Cl.O=C(OCc1cc(-c2ccccc2Cl)no1)c1cc(Cl)cnc1Cl. The van der Waals surface area contributed by atoms with Gasteiger partial charge in [0.05, 0.1) is 87.8 Å². The molecule has 12 heterocycles. The third kappa shape index (κ3) is 31.7. The van der Waals surface area contributed by atoms with Crippen molar-refractivity contribution < 1.29 is 93.8 Å². The lowest BCUT2D eigenvalue weighted by molar-refractivity contribution is 0.0429. The minimum atomic E-state index is -0.661. The second-order valence-corrected chi connectivity index (χ2v) is 36.2. The Balaban J connectivity index is 0.000000147. The first kappa shape index (κ1) is 111. The van der Waals surface area contributed by atoms with Crippen LogP contribution in [0, 0.1) is 13.8 Å². The fraction of sp³-hybridized carbons (Fsp3) is 0.100. The summed E-state index contributed by atoms with van der Waals surface area (Å²) in [5, 5.41) is 26.7. The Bertz CT molecular complexity index is 7600. The average Bonchev–Trinajstić information content (AvgIpc) is 1.69. The van der Waals surface area contributed by atoms with Crippen molar-refractivity contribution in [2.75, 3.05) is 14.2 Å².